The number of benzene rings is 2. The minimum absolute atomic E-state index is 0.154. The van der Waals surface area contributed by atoms with Crippen LogP contribution < -0.4 is 4.74 Å². The first-order valence-corrected chi connectivity index (χ1v) is 13.9. The summed E-state index contributed by atoms with van der Waals surface area (Å²) in [6.07, 6.45) is 2.52. The van der Waals surface area contributed by atoms with Crippen molar-refractivity contribution in [3.8, 4) is 28.9 Å². The van der Waals surface area contributed by atoms with Crippen molar-refractivity contribution in [1.82, 2.24) is 20.0 Å². The van der Waals surface area contributed by atoms with Crippen LogP contribution >= 0.6 is 0 Å². The van der Waals surface area contributed by atoms with Gasteiger partial charge in [0.15, 0.2) is 6.19 Å². The molecule has 0 spiro atoms. The van der Waals surface area contributed by atoms with E-state index in [1.807, 2.05) is 71.4 Å². The van der Waals surface area contributed by atoms with Crippen LogP contribution in [0.15, 0.2) is 60.7 Å². The van der Waals surface area contributed by atoms with Crippen molar-refractivity contribution in [3.63, 3.8) is 0 Å². The summed E-state index contributed by atoms with van der Waals surface area (Å²) < 4.78 is 6.15. The molecule has 210 valence electrons. The molecule has 1 N–H and O–H groups in total. The molecule has 0 bridgehead atoms. The van der Waals surface area contributed by atoms with Crippen molar-refractivity contribution >= 4 is 5.91 Å². The number of H-pyrrole nitrogens is 1. The van der Waals surface area contributed by atoms with Gasteiger partial charge in [-0.3, -0.25) is 14.8 Å². The van der Waals surface area contributed by atoms with E-state index in [-0.39, 0.29) is 16.7 Å². The van der Waals surface area contributed by atoms with Gasteiger partial charge in [-0.25, -0.2) is 0 Å². The molecule has 1 amide bonds. The van der Waals surface area contributed by atoms with Gasteiger partial charge in [0, 0.05) is 18.0 Å². The zero-order valence-corrected chi connectivity index (χ0v) is 25.4. The Morgan fingerprint density at radius 1 is 0.900 bits per heavy atom. The minimum Gasteiger partial charge on any atom is -0.457 e. The molecular weight excluding hydrogens is 498 g/mol. The Morgan fingerprint density at radius 3 is 2.12 bits per heavy atom. The Hall–Kier alpha value is -3.79. The monoisotopic (exact) mass is 539 g/mol. The zero-order chi connectivity index (χ0) is 29.5. The molecule has 7 nitrogen and oxygen atoms in total. The van der Waals surface area contributed by atoms with Crippen LogP contribution in [0.5, 0.6) is 11.5 Å². The lowest BCUT2D eigenvalue weighted by Gasteiger charge is -2.81. The highest BCUT2D eigenvalue weighted by molar-refractivity contribution is 5.94. The third kappa shape index (κ3) is 2.89. The van der Waals surface area contributed by atoms with Crippen LogP contribution in [0, 0.1) is 27.7 Å². The maximum absolute atomic E-state index is 14.4. The number of hydrogen-bond donors (Lipinski definition) is 1. The van der Waals surface area contributed by atoms with Crippen molar-refractivity contribution in [3.05, 3.63) is 66.4 Å². The average Bonchev–Trinajstić information content (AvgIpc) is 3.41. The highest BCUT2D eigenvalue weighted by atomic mass is 16.5. The SMILES string of the molecule is CN(C(=O)c1cc(-c2ccccc2Oc2ccccc2)n[nH]1)[C@@]12C(C)(C)N(C#N)C(C)(C)[C@]1(C)C(C)(C)C2(C)C. The second-order valence-corrected chi connectivity index (χ2v) is 13.6. The number of aromatic amines is 1. The summed E-state index contributed by atoms with van der Waals surface area (Å²) in [6, 6.07) is 19.1. The highest BCUT2D eigenvalue weighted by Gasteiger charge is 2.92. The van der Waals surface area contributed by atoms with Crippen LogP contribution in [-0.4, -0.2) is 49.6 Å². The average molecular weight is 540 g/mol. The molecule has 1 aromatic heterocycles. The Balaban J connectivity index is 1.57. The zero-order valence-electron chi connectivity index (χ0n) is 25.4. The molecule has 0 unspecified atom stereocenters. The summed E-state index contributed by atoms with van der Waals surface area (Å²) in [5, 5.41) is 18.0. The van der Waals surface area contributed by atoms with Gasteiger partial charge in [-0.05, 0) is 68.9 Å². The van der Waals surface area contributed by atoms with E-state index >= 15 is 0 Å². The first kappa shape index (κ1) is 27.8. The number of carbonyl (C=O) groups excluding carboxylic acids is 1. The molecule has 2 aliphatic rings. The predicted molar refractivity (Wildman–Crippen MR) is 157 cm³/mol. The molecule has 3 aromatic rings. The van der Waals surface area contributed by atoms with Crippen molar-refractivity contribution < 1.29 is 9.53 Å². The number of hydrogen-bond acceptors (Lipinski definition) is 5. The minimum atomic E-state index is -0.660. The van der Waals surface area contributed by atoms with Gasteiger partial charge in [0.2, 0.25) is 0 Å². The number of aromatic nitrogens is 2. The van der Waals surface area contributed by atoms with Gasteiger partial charge < -0.3 is 9.64 Å². The Kier molecular flexibility index (Phi) is 5.80. The van der Waals surface area contributed by atoms with E-state index in [0.717, 1.165) is 11.3 Å². The summed E-state index contributed by atoms with van der Waals surface area (Å²) in [4.78, 5) is 18.2. The molecule has 1 saturated carbocycles. The third-order valence-electron chi connectivity index (χ3n) is 11.5. The standard InChI is InChI=1S/C33H41N5O2/c1-28(2)29(3,4)33(31(7,8)38(21-34)30(5,6)32(28,33)9)37(10)27(39)25-20-24(35-36-25)23-18-14-15-19-26(23)40-22-16-12-11-13-17-22/h11-20H,1-10H3,(H,35,36)/t32-,33-/m0/s1. The number of nitriles is 1. The Bertz CT molecular complexity index is 1510. The first-order chi connectivity index (χ1) is 18.6. The maximum atomic E-state index is 14.4. The number of fused-ring (bicyclic) bond motifs is 1. The van der Waals surface area contributed by atoms with Crippen LogP contribution in [0.4, 0.5) is 0 Å². The highest BCUT2D eigenvalue weighted by Crippen LogP contribution is 2.85. The largest absolute Gasteiger partial charge is 0.457 e. The van der Waals surface area contributed by atoms with Crippen LogP contribution in [0.2, 0.25) is 0 Å². The van der Waals surface area contributed by atoms with Crippen LogP contribution in [0.3, 0.4) is 0 Å². The number of nitrogens with zero attached hydrogens (tertiary/aromatic N) is 4. The molecule has 1 aliphatic carbocycles. The molecule has 7 heteroatoms. The molecule has 1 saturated heterocycles. The molecular formula is C33H41N5O2. The fraction of sp³-hybridized carbons (Fsp3) is 0.485. The van der Waals surface area contributed by atoms with Gasteiger partial charge in [-0.15, -0.1) is 0 Å². The van der Waals surface area contributed by atoms with E-state index in [4.69, 9.17) is 4.74 Å². The number of likely N-dealkylation sites (tertiary alicyclic amines) is 1. The predicted octanol–water partition coefficient (Wildman–Crippen LogP) is 7.11. The maximum Gasteiger partial charge on any atom is 0.272 e. The Morgan fingerprint density at radius 2 is 1.50 bits per heavy atom. The summed E-state index contributed by atoms with van der Waals surface area (Å²) in [6.45, 7) is 19.8. The number of para-hydroxylation sites is 2. The second-order valence-electron chi connectivity index (χ2n) is 13.6. The molecule has 2 atom stereocenters. The Labute approximate surface area is 238 Å². The topological polar surface area (TPSA) is 85.2 Å². The fourth-order valence-electron chi connectivity index (χ4n) is 9.46. The quantitative estimate of drug-likeness (QED) is 0.349. The van der Waals surface area contributed by atoms with E-state index in [9.17, 15) is 10.1 Å². The number of nitrogens with one attached hydrogen (secondary N) is 1. The van der Waals surface area contributed by atoms with E-state index in [2.05, 4.69) is 78.7 Å². The van der Waals surface area contributed by atoms with E-state index < -0.39 is 22.0 Å². The van der Waals surface area contributed by atoms with Crippen LogP contribution in [-0.2, 0) is 0 Å². The second kappa shape index (κ2) is 8.36. The summed E-state index contributed by atoms with van der Waals surface area (Å²) in [5.41, 5.74) is -0.872. The van der Waals surface area contributed by atoms with Gasteiger partial charge in [0.1, 0.15) is 17.2 Å². The molecule has 0 radical (unpaired) electrons. The molecule has 40 heavy (non-hydrogen) atoms. The van der Waals surface area contributed by atoms with Gasteiger partial charge in [-0.2, -0.15) is 10.4 Å². The van der Waals surface area contributed by atoms with Crippen molar-refractivity contribution in [1.29, 1.82) is 5.26 Å². The normalized spacial score (nSPS) is 26.8. The summed E-state index contributed by atoms with van der Waals surface area (Å²) >= 11 is 0. The van der Waals surface area contributed by atoms with Crippen molar-refractivity contribution in [2.75, 3.05) is 7.05 Å². The molecule has 2 heterocycles. The molecule has 2 aromatic carbocycles. The number of likely N-dealkylation sites (N-methyl/N-ethyl adjacent to an activating group) is 1. The molecule has 1 aliphatic heterocycles. The van der Waals surface area contributed by atoms with Crippen LogP contribution in [0.25, 0.3) is 11.3 Å². The van der Waals surface area contributed by atoms with Gasteiger partial charge in [0.25, 0.3) is 5.91 Å². The third-order valence-corrected chi connectivity index (χ3v) is 11.5. The number of rotatable bonds is 5. The number of amides is 1. The molecule has 2 fully saturated rings. The van der Waals surface area contributed by atoms with E-state index in [0.29, 0.717) is 17.1 Å². The lowest BCUT2D eigenvalue weighted by molar-refractivity contribution is -0.309. The fourth-order valence-corrected chi connectivity index (χ4v) is 9.46. The summed E-state index contributed by atoms with van der Waals surface area (Å²) in [7, 11) is 1.89. The lowest BCUT2D eigenvalue weighted by atomic mass is 9.25. The van der Waals surface area contributed by atoms with Gasteiger partial charge in [-0.1, -0.05) is 65.0 Å². The van der Waals surface area contributed by atoms with Gasteiger partial charge in [0.05, 0.1) is 22.3 Å². The lowest BCUT2D eigenvalue weighted by Crippen LogP contribution is -2.89. The van der Waals surface area contributed by atoms with E-state index in [1.165, 1.54) is 0 Å². The van der Waals surface area contributed by atoms with Crippen LogP contribution in [0.1, 0.15) is 72.8 Å². The number of carbonyl (C=O) groups is 1. The number of ether oxygens (including phenoxy) is 1. The summed E-state index contributed by atoms with van der Waals surface area (Å²) in [5.74, 6) is 1.23. The van der Waals surface area contributed by atoms with Crippen molar-refractivity contribution in [2.24, 2.45) is 16.2 Å². The smallest absolute Gasteiger partial charge is 0.272 e. The molecule has 5 rings (SSSR count). The first-order valence-electron chi connectivity index (χ1n) is 13.9. The van der Waals surface area contributed by atoms with Gasteiger partial charge >= 0.3 is 0 Å². The van der Waals surface area contributed by atoms with E-state index in [1.54, 1.807) is 6.07 Å². The van der Waals surface area contributed by atoms with Crippen molar-refractivity contribution in [2.45, 2.75) is 78.9 Å².